The van der Waals surface area contributed by atoms with Crippen LogP contribution in [0.4, 0.5) is 0 Å². The molecule has 1 aromatic rings. The Balaban J connectivity index is 1.67. The largest absolute Gasteiger partial charge is 0.508 e. The molecular weight excluding hydrogens is 494 g/mol. The molecule has 11 nitrogen and oxygen atoms in total. The fourth-order valence-electron chi connectivity index (χ4n) is 6.70. The van der Waals surface area contributed by atoms with Crippen molar-refractivity contribution >= 4 is 17.5 Å². The van der Waals surface area contributed by atoms with Gasteiger partial charge in [0.2, 0.25) is 0 Å². The molecule has 0 aromatic heterocycles. The van der Waals surface area contributed by atoms with Crippen molar-refractivity contribution in [1.29, 1.82) is 0 Å². The second-order valence-electron chi connectivity index (χ2n) is 11.1. The fourth-order valence-corrected chi connectivity index (χ4v) is 6.70. The quantitative estimate of drug-likeness (QED) is 0.303. The maximum absolute atomic E-state index is 13.6. The van der Waals surface area contributed by atoms with Crippen molar-refractivity contribution in [1.82, 2.24) is 15.1 Å². The summed E-state index contributed by atoms with van der Waals surface area (Å²) in [7, 11) is 3.14. The third-order valence-electron chi connectivity index (χ3n) is 8.67. The first-order chi connectivity index (χ1) is 17.8. The molecule has 5 atom stereocenters. The molecule has 38 heavy (non-hydrogen) atoms. The molecule has 204 valence electrons. The molecule has 1 amide bonds. The molecule has 1 saturated heterocycles. The first kappa shape index (κ1) is 26.4. The Morgan fingerprint density at radius 1 is 1.11 bits per heavy atom. The molecule has 6 N–H and O–H groups in total. The second-order valence-corrected chi connectivity index (χ2v) is 11.1. The van der Waals surface area contributed by atoms with Crippen LogP contribution in [0, 0.1) is 11.8 Å². The zero-order chi connectivity index (χ0) is 27.7. The molecule has 2 unspecified atom stereocenters. The molecule has 11 heteroatoms. The van der Waals surface area contributed by atoms with E-state index in [1.165, 1.54) is 30.0 Å². The number of rotatable bonds is 4. The average molecular weight is 528 g/mol. The van der Waals surface area contributed by atoms with Crippen LogP contribution in [0.2, 0.25) is 0 Å². The number of carbonyl (C=O) groups is 3. The molecule has 1 fully saturated rings. The summed E-state index contributed by atoms with van der Waals surface area (Å²) in [6.45, 7) is 3.12. The number of hydrogen-bond acceptors (Lipinski definition) is 10. The summed E-state index contributed by atoms with van der Waals surface area (Å²) in [6.07, 6.45) is 1.78. The number of amides is 1. The lowest BCUT2D eigenvalue weighted by atomic mass is 9.55. The van der Waals surface area contributed by atoms with Crippen LogP contribution in [-0.4, -0.2) is 98.3 Å². The number of Topliss-reactive ketones (excluding diaryl/α,β-unsaturated/α-hetero) is 2. The van der Waals surface area contributed by atoms with Crippen LogP contribution < -0.4 is 5.32 Å². The first-order valence-electron chi connectivity index (χ1n) is 12.7. The number of phenolic OH excluding ortho intramolecular Hbond substituents is 1. The maximum atomic E-state index is 13.6. The van der Waals surface area contributed by atoms with Gasteiger partial charge in [0.25, 0.3) is 5.91 Å². The minimum atomic E-state index is -2.65. The molecule has 0 radical (unpaired) electrons. The number of benzene rings is 1. The molecule has 3 aliphatic carbocycles. The van der Waals surface area contributed by atoms with Gasteiger partial charge in [-0.05, 0) is 65.0 Å². The average Bonchev–Trinajstić information content (AvgIpc) is 3.37. The number of aliphatic hydroxyl groups is 4. The Morgan fingerprint density at radius 3 is 2.39 bits per heavy atom. The van der Waals surface area contributed by atoms with Gasteiger partial charge in [0, 0.05) is 17.4 Å². The molecule has 5 rings (SSSR count). The van der Waals surface area contributed by atoms with Gasteiger partial charge >= 0.3 is 0 Å². The van der Waals surface area contributed by atoms with Crippen LogP contribution in [0.15, 0.2) is 40.9 Å². The Kier molecular flexibility index (Phi) is 6.18. The van der Waals surface area contributed by atoms with Crippen molar-refractivity contribution in [3.05, 3.63) is 52.0 Å². The van der Waals surface area contributed by atoms with E-state index in [1.54, 1.807) is 14.1 Å². The highest BCUT2D eigenvalue weighted by molar-refractivity contribution is 6.23. The summed E-state index contributed by atoms with van der Waals surface area (Å²) in [5.74, 6) is -7.11. The zero-order valence-electron chi connectivity index (χ0n) is 21.6. The van der Waals surface area contributed by atoms with Gasteiger partial charge in [-0.2, -0.15) is 0 Å². The number of carbonyl (C=O) groups excluding carboxylic acids is 3. The van der Waals surface area contributed by atoms with Gasteiger partial charge < -0.3 is 30.8 Å². The van der Waals surface area contributed by atoms with Gasteiger partial charge in [0.15, 0.2) is 17.2 Å². The lowest BCUT2D eigenvalue weighted by molar-refractivity contribution is -0.140. The highest BCUT2D eigenvalue weighted by Crippen LogP contribution is 2.57. The monoisotopic (exact) mass is 527 g/mol. The van der Waals surface area contributed by atoms with Crippen LogP contribution >= 0.6 is 0 Å². The normalized spacial score (nSPS) is 33.4. The predicted octanol–water partition coefficient (Wildman–Crippen LogP) is 0.470. The smallest absolute Gasteiger partial charge is 0.259 e. The molecule has 4 aliphatic rings. The minimum Gasteiger partial charge on any atom is -0.508 e. The van der Waals surface area contributed by atoms with Gasteiger partial charge in [-0.3, -0.25) is 24.2 Å². The summed E-state index contributed by atoms with van der Waals surface area (Å²) < 4.78 is 0. The van der Waals surface area contributed by atoms with Crippen LogP contribution in [0.25, 0.3) is 0 Å². The number of likely N-dealkylation sites (tertiary alicyclic amines) is 1. The van der Waals surface area contributed by atoms with Crippen molar-refractivity contribution in [3.63, 3.8) is 0 Å². The third kappa shape index (κ3) is 3.53. The number of ketones is 2. The van der Waals surface area contributed by atoms with E-state index in [0.717, 1.165) is 25.9 Å². The number of nitrogens with zero attached hydrogens (tertiary/aromatic N) is 2. The van der Waals surface area contributed by atoms with Crippen LogP contribution in [-0.2, 0) is 15.2 Å². The zero-order valence-corrected chi connectivity index (χ0v) is 21.6. The van der Waals surface area contributed by atoms with Gasteiger partial charge in [-0.25, -0.2) is 0 Å². The predicted molar refractivity (Wildman–Crippen MR) is 134 cm³/mol. The fraction of sp³-hybridized carbons (Fsp3) is 0.519. The summed E-state index contributed by atoms with van der Waals surface area (Å²) in [4.78, 5) is 43.9. The minimum absolute atomic E-state index is 0.143. The van der Waals surface area contributed by atoms with E-state index in [2.05, 4.69) is 5.32 Å². The topological polar surface area (TPSA) is 171 Å². The lowest BCUT2D eigenvalue weighted by Gasteiger charge is -2.53. The van der Waals surface area contributed by atoms with Gasteiger partial charge in [-0.1, -0.05) is 12.1 Å². The van der Waals surface area contributed by atoms with Crippen LogP contribution in [0.5, 0.6) is 5.75 Å². The molecule has 1 aliphatic heterocycles. The van der Waals surface area contributed by atoms with Gasteiger partial charge in [-0.15, -0.1) is 0 Å². The number of likely N-dealkylation sites (N-methyl/N-ethyl adjacent to an activating group) is 1. The van der Waals surface area contributed by atoms with Crippen molar-refractivity contribution in [2.45, 2.75) is 43.4 Å². The van der Waals surface area contributed by atoms with Crippen molar-refractivity contribution in [2.75, 3.05) is 33.9 Å². The number of nitrogens with one attached hydrogen (secondary N) is 1. The second kappa shape index (κ2) is 8.91. The Hall–Kier alpha value is -3.25. The van der Waals surface area contributed by atoms with Crippen LogP contribution in [0.1, 0.15) is 42.1 Å². The van der Waals surface area contributed by atoms with Crippen LogP contribution in [0.3, 0.4) is 0 Å². The van der Waals surface area contributed by atoms with E-state index >= 15 is 0 Å². The van der Waals surface area contributed by atoms with E-state index in [1.807, 2.05) is 4.90 Å². The molecule has 1 heterocycles. The summed E-state index contributed by atoms with van der Waals surface area (Å²) >= 11 is 0. The summed E-state index contributed by atoms with van der Waals surface area (Å²) in [6, 6.07) is 3.09. The van der Waals surface area contributed by atoms with Crippen molar-refractivity contribution in [2.24, 2.45) is 11.8 Å². The van der Waals surface area contributed by atoms with E-state index < -0.39 is 69.4 Å². The lowest BCUT2D eigenvalue weighted by Crippen LogP contribution is -2.64. The Labute approximate surface area is 219 Å². The molecule has 0 bridgehead atoms. The summed E-state index contributed by atoms with van der Waals surface area (Å²) in [5, 5.41) is 59.3. The SMILES string of the molecule is CN(C)[C@H]1C(=O)C(C(=O)NCN2CCCC2)=C(O)[C@]2(O)C(O)=C3C(=O)c4c(O)cccc4[C@](C)(O)C3CC12. The first-order valence-corrected chi connectivity index (χ1v) is 12.7. The number of phenols is 1. The van der Waals surface area contributed by atoms with Gasteiger partial charge in [0.1, 0.15) is 22.8 Å². The third-order valence-corrected chi connectivity index (χ3v) is 8.67. The number of hydrogen-bond donors (Lipinski definition) is 6. The maximum Gasteiger partial charge on any atom is 0.259 e. The number of aliphatic hydroxyl groups excluding tert-OH is 2. The van der Waals surface area contributed by atoms with E-state index in [0.29, 0.717) is 0 Å². The van der Waals surface area contributed by atoms with E-state index in [-0.39, 0.29) is 29.8 Å². The Bertz CT molecular complexity index is 1290. The summed E-state index contributed by atoms with van der Waals surface area (Å²) in [5.41, 5.74) is -5.55. The van der Waals surface area contributed by atoms with Crippen molar-refractivity contribution < 1.29 is 39.9 Å². The number of fused-ring (bicyclic) bond motifs is 3. The Morgan fingerprint density at radius 2 is 1.76 bits per heavy atom. The molecule has 0 saturated carbocycles. The van der Waals surface area contributed by atoms with Gasteiger partial charge in [0.05, 0.1) is 23.9 Å². The molecule has 0 spiro atoms. The highest BCUT2D eigenvalue weighted by Gasteiger charge is 2.65. The highest BCUT2D eigenvalue weighted by atomic mass is 16.4. The molecule has 1 aromatic carbocycles. The molecular formula is C27H33N3O8. The van der Waals surface area contributed by atoms with Crippen molar-refractivity contribution in [3.8, 4) is 5.75 Å². The number of aromatic hydroxyl groups is 1. The standard InChI is InChI=1S/C27H33N3O8/c1-26(37)13-7-6-8-16(31)17(13)21(32)18-14(26)11-15-20(29(2)3)22(33)19(24(35)27(15,38)23(18)34)25(36)28-12-30-9-4-5-10-30/h6-8,14-15,20,31,34-35,37-38H,4-5,9-12H2,1-3H3,(H,28,36)/t14?,15?,20-,26+,27-/m1/s1. The van der Waals surface area contributed by atoms with E-state index in [9.17, 15) is 39.9 Å². The van der Waals surface area contributed by atoms with E-state index in [4.69, 9.17) is 0 Å².